The van der Waals surface area contributed by atoms with E-state index in [0.717, 1.165) is 17.0 Å². The first-order chi connectivity index (χ1) is 16.1. The van der Waals surface area contributed by atoms with Crippen molar-refractivity contribution in [2.75, 3.05) is 11.9 Å². The number of alkyl halides is 3. The summed E-state index contributed by atoms with van der Waals surface area (Å²) in [5.74, 6) is -1.39. The number of rotatable bonds is 6. The highest BCUT2D eigenvalue weighted by Crippen LogP contribution is 2.33. The normalized spacial score (nSPS) is 13.5. The number of anilines is 1. The molecule has 0 atom stereocenters. The quantitative estimate of drug-likeness (QED) is 0.544. The van der Waals surface area contributed by atoms with E-state index in [9.17, 15) is 27.6 Å². The van der Waals surface area contributed by atoms with Gasteiger partial charge in [-0.15, -0.1) is 0 Å². The van der Waals surface area contributed by atoms with E-state index in [4.69, 9.17) is 0 Å². The fourth-order valence-corrected chi connectivity index (χ4v) is 3.56. The van der Waals surface area contributed by atoms with Crippen molar-refractivity contribution in [2.24, 2.45) is 5.92 Å². The molecule has 0 radical (unpaired) electrons. The molecule has 3 amide bonds. The lowest BCUT2D eigenvalue weighted by Gasteiger charge is -2.15. The van der Waals surface area contributed by atoms with E-state index >= 15 is 0 Å². The minimum Gasteiger partial charge on any atom is -0.320 e. The van der Waals surface area contributed by atoms with Gasteiger partial charge in [-0.2, -0.15) is 18.3 Å². The number of hydrogen-bond donors (Lipinski definition) is 1. The van der Waals surface area contributed by atoms with Crippen LogP contribution in [0.2, 0.25) is 0 Å². The topological polar surface area (TPSA) is 97.2 Å². The number of carbonyl (C=O) groups is 3. The molecule has 34 heavy (non-hydrogen) atoms. The van der Waals surface area contributed by atoms with Crippen LogP contribution in [0.5, 0.6) is 0 Å². The predicted octanol–water partition coefficient (Wildman–Crippen LogP) is 4.18. The molecule has 2 aromatic carbocycles. The van der Waals surface area contributed by atoms with Crippen molar-refractivity contribution in [1.82, 2.24) is 19.7 Å². The lowest BCUT2D eigenvalue weighted by atomic mass is 10.0. The minimum atomic E-state index is -4.62. The zero-order valence-electron chi connectivity index (χ0n) is 18.3. The highest BCUT2D eigenvalue weighted by atomic mass is 19.4. The van der Waals surface area contributed by atoms with Crippen LogP contribution in [0.3, 0.4) is 0 Å². The zero-order chi connectivity index (χ0) is 24.6. The Morgan fingerprint density at radius 3 is 2.44 bits per heavy atom. The molecule has 0 saturated heterocycles. The van der Waals surface area contributed by atoms with Gasteiger partial charge in [0.15, 0.2) is 0 Å². The van der Waals surface area contributed by atoms with Crippen LogP contribution in [-0.4, -0.2) is 43.9 Å². The third-order valence-electron chi connectivity index (χ3n) is 5.40. The summed E-state index contributed by atoms with van der Waals surface area (Å²) in [6, 6.07) is 6.86. The summed E-state index contributed by atoms with van der Waals surface area (Å²) in [5.41, 5.74) is -0.637. The average Bonchev–Trinajstić information content (AvgIpc) is 3.39. The molecule has 2 heterocycles. The Labute approximate surface area is 192 Å². The third-order valence-corrected chi connectivity index (χ3v) is 5.40. The Hall–Kier alpha value is -4.02. The molecule has 0 aliphatic carbocycles. The Balaban J connectivity index is 1.64. The maximum absolute atomic E-state index is 13.3. The Bertz CT molecular complexity index is 1270. The van der Waals surface area contributed by atoms with Crippen molar-refractivity contribution >= 4 is 23.4 Å². The van der Waals surface area contributed by atoms with Gasteiger partial charge in [0.25, 0.3) is 17.7 Å². The molecule has 0 spiro atoms. The van der Waals surface area contributed by atoms with Crippen LogP contribution < -0.4 is 5.32 Å². The monoisotopic (exact) mass is 471 g/mol. The Morgan fingerprint density at radius 2 is 1.79 bits per heavy atom. The second-order valence-electron chi connectivity index (χ2n) is 8.23. The molecular weight excluding hydrogens is 451 g/mol. The molecular formula is C23H20F3N5O3. The molecule has 8 nitrogen and oxygen atoms in total. The summed E-state index contributed by atoms with van der Waals surface area (Å²) in [5, 5.41) is 6.37. The highest BCUT2D eigenvalue weighted by molar-refractivity contribution is 6.22. The number of benzene rings is 2. The van der Waals surface area contributed by atoms with Crippen LogP contribution in [0.1, 0.15) is 56.9 Å². The van der Waals surface area contributed by atoms with Crippen molar-refractivity contribution in [3.63, 3.8) is 0 Å². The van der Waals surface area contributed by atoms with Gasteiger partial charge in [0.2, 0.25) is 0 Å². The van der Waals surface area contributed by atoms with E-state index in [0.29, 0.717) is 6.42 Å². The standard InChI is InChI=1S/C23H20F3N5O3/c1-13(2)7-8-30-21(33)16-5-3-14(9-17(16)22(30)34)20(32)29-18-10-15(23(24,25)26)4-6-19(18)31-12-27-11-28-31/h3-6,9-13H,7-8H2,1-2H3,(H,29,32). The second-order valence-corrected chi connectivity index (χ2v) is 8.23. The van der Waals surface area contributed by atoms with Gasteiger partial charge in [-0.1, -0.05) is 13.8 Å². The first-order valence-corrected chi connectivity index (χ1v) is 10.4. The fourth-order valence-electron chi connectivity index (χ4n) is 3.56. The van der Waals surface area contributed by atoms with E-state index in [1.165, 1.54) is 41.6 Å². The lowest BCUT2D eigenvalue weighted by molar-refractivity contribution is -0.137. The van der Waals surface area contributed by atoms with Crippen molar-refractivity contribution in [3.8, 4) is 5.69 Å². The van der Waals surface area contributed by atoms with Crippen LogP contribution in [-0.2, 0) is 6.18 Å². The molecule has 4 rings (SSSR count). The first-order valence-electron chi connectivity index (χ1n) is 10.4. The fraction of sp³-hybridized carbons (Fsp3) is 0.261. The summed E-state index contributed by atoms with van der Waals surface area (Å²) < 4.78 is 41.0. The molecule has 0 saturated carbocycles. The van der Waals surface area contributed by atoms with E-state index in [-0.39, 0.29) is 40.5 Å². The molecule has 1 N–H and O–H groups in total. The van der Waals surface area contributed by atoms with Crippen molar-refractivity contribution in [1.29, 1.82) is 0 Å². The van der Waals surface area contributed by atoms with Gasteiger partial charge >= 0.3 is 6.18 Å². The smallest absolute Gasteiger partial charge is 0.320 e. The van der Waals surface area contributed by atoms with Gasteiger partial charge in [0.05, 0.1) is 28.1 Å². The third kappa shape index (κ3) is 4.41. The number of carbonyl (C=O) groups excluding carboxylic acids is 3. The van der Waals surface area contributed by atoms with Crippen LogP contribution in [0.15, 0.2) is 49.1 Å². The van der Waals surface area contributed by atoms with E-state index in [1.54, 1.807) is 0 Å². The van der Waals surface area contributed by atoms with Gasteiger partial charge in [-0.3, -0.25) is 19.3 Å². The van der Waals surface area contributed by atoms with E-state index < -0.39 is 29.5 Å². The van der Waals surface area contributed by atoms with Gasteiger partial charge < -0.3 is 5.32 Å². The highest BCUT2D eigenvalue weighted by Gasteiger charge is 2.36. The summed E-state index contributed by atoms with van der Waals surface area (Å²) in [6.07, 6.45) is -1.50. The number of amides is 3. The number of nitrogens with one attached hydrogen (secondary N) is 1. The van der Waals surface area contributed by atoms with Crippen LogP contribution in [0.4, 0.5) is 18.9 Å². The van der Waals surface area contributed by atoms with Gasteiger partial charge in [0.1, 0.15) is 12.7 Å². The number of aromatic nitrogens is 3. The first kappa shape index (κ1) is 23.1. The van der Waals surface area contributed by atoms with Crippen LogP contribution >= 0.6 is 0 Å². The second kappa shape index (κ2) is 8.73. The molecule has 3 aromatic rings. The summed E-state index contributed by atoms with van der Waals surface area (Å²) in [4.78, 5) is 43.2. The van der Waals surface area contributed by atoms with Crippen LogP contribution in [0, 0.1) is 5.92 Å². The number of halogens is 3. The Morgan fingerprint density at radius 1 is 1.06 bits per heavy atom. The summed E-state index contributed by atoms with van der Waals surface area (Å²) in [7, 11) is 0. The van der Waals surface area contributed by atoms with E-state index in [2.05, 4.69) is 15.4 Å². The SMILES string of the molecule is CC(C)CCN1C(=O)c2ccc(C(=O)Nc3cc(C(F)(F)F)ccc3-n3cncn3)cc2C1=O. The van der Waals surface area contributed by atoms with Gasteiger partial charge in [-0.25, -0.2) is 9.67 Å². The number of fused-ring (bicyclic) bond motifs is 1. The Kier molecular flexibility index (Phi) is 5.94. The molecule has 0 fully saturated rings. The van der Waals surface area contributed by atoms with Crippen molar-refractivity contribution in [2.45, 2.75) is 26.4 Å². The zero-order valence-corrected chi connectivity index (χ0v) is 18.3. The molecule has 0 unspecified atom stereocenters. The van der Waals surface area contributed by atoms with Crippen molar-refractivity contribution in [3.05, 3.63) is 71.3 Å². The molecule has 1 aliphatic rings. The minimum absolute atomic E-state index is 0.0209. The number of hydrogen-bond acceptors (Lipinski definition) is 5. The van der Waals surface area contributed by atoms with Gasteiger partial charge in [-0.05, 0) is 48.7 Å². The molecule has 1 aromatic heterocycles. The molecule has 0 bridgehead atoms. The molecule has 176 valence electrons. The number of nitrogens with zero attached hydrogens (tertiary/aromatic N) is 4. The maximum Gasteiger partial charge on any atom is 0.416 e. The molecule has 11 heteroatoms. The van der Waals surface area contributed by atoms with Gasteiger partial charge in [0, 0.05) is 12.1 Å². The lowest BCUT2D eigenvalue weighted by Crippen LogP contribution is -2.31. The number of imide groups is 1. The van der Waals surface area contributed by atoms with E-state index in [1.807, 2.05) is 13.8 Å². The summed E-state index contributed by atoms with van der Waals surface area (Å²) >= 11 is 0. The maximum atomic E-state index is 13.3. The van der Waals surface area contributed by atoms with Crippen molar-refractivity contribution < 1.29 is 27.6 Å². The largest absolute Gasteiger partial charge is 0.416 e. The summed E-state index contributed by atoms with van der Waals surface area (Å²) in [6.45, 7) is 4.21. The molecule has 1 aliphatic heterocycles. The average molecular weight is 471 g/mol. The predicted molar refractivity (Wildman–Crippen MR) is 116 cm³/mol. The van der Waals surface area contributed by atoms with Crippen LogP contribution in [0.25, 0.3) is 5.69 Å².